The molecule has 4 heteroatoms. The zero-order valence-electron chi connectivity index (χ0n) is 9.22. The number of rotatable bonds is 4. The Labute approximate surface area is 104 Å². The van der Waals surface area contributed by atoms with Crippen LogP contribution in [0.1, 0.15) is 0 Å². The Balaban J connectivity index is 1.83. The van der Waals surface area contributed by atoms with Gasteiger partial charge in [0.1, 0.15) is 0 Å². The second-order valence-corrected chi connectivity index (χ2v) is 4.45. The summed E-state index contributed by atoms with van der Waals surface area (Å²) in [5.74, 6) is 0.397. The number of aromatic nitrogens is 1. The molecule has 3 nitrogen and oxygen atoms in total. The summed E-state index contributed by atoms with van der Waals surface area (Å²) in [6, 6.07) is 15.3. The van der Waals surface area contributed by atoms with Gasteiger partial charge in [0.25, 0.3) is 0 Å². The first-order valence-electron chi connectivity index (χ1n) is 5.29. The van der Waals surface area contributed by atoms with Crippen molar-refractivity contribution < 1.29 is 9.78 Å². The molecule has 0 bridgehead atoms. The molecule has 0 unspecified atom stereocenters. The van der Waals surface area contributed by atoms with Crippen LogP contribution in [0.2, 0.25) is 0 Å². The first-order valence-corrected chi connectivity index (χ1v) is 6.27. The van der Waals surface area contributed by atoms with Crippen molar-refractivity contribution >= 4 is 23.4 Å². The molecule has 1 amide bonds. The van der Waals surface area contributed by atoms with Crippen molar-refractivity contribution in [3.63, 3.8) is 0 Å². The van der Waals surface area contributed by atoms with Gasteiger partial charge in [0.05, 0.1) is 5.75 Å². The number of pyridine rings is 1. The van der Waals surface area contributed by atoms with Gasteiger partial charge < -0.3 is 5.32 Å². The Morgan fingerprint density at radius 2 is 1.88 bits per heavy atom. The third kappa shape index (κ3) is 3.92. The zero-order valence-corrected chi connectivity index (χ0v) is 10.0. The van der Waals surface area contributed by atoms with Gasteiger partial charge in [-0.25, -0.2) is 4.98 Å². The highest BCUT2D eigenvalue weighted by Gasteiger charge is 2.06. The topological polar surface area (TPSA) is 43.2 Å². The lowest BCUT2D eigenvalue weighted by Crippen LogP contribution is -2.15. The maximum Gasteiger partial charge on any atom is 0.238 e. The fourth-order valence-electron chi connectivity index (χ4n) is 1.33. The monoisotopic (exact) mass is 245 g/mol. The lowest BCUT2D eigenvalue weighted by molar-refractivity contribution is -0.426. The van der Waals surface area contributed by atoms with E-state index < -0.39 is 0 Å². The fourth-order valence-corrected chi connectivity index (χ4v) is 2.01. The van der Waals surface area contributed by atoms with Crippen molar-refractivity contribution in [3.05, 3.63) is 54.7 Å². The number of carbonyl (C=O) groups excluding carboxylic acids is 1. The average Bonchev–Trinajstić information content (AvgIpc) is 2.39. The van der Waals surface area contributed by atoms with Gasteiger partial charge in [0.2, 0.25) is 10.9 Å². The summed E-state index contributed by atoms with van der Waals surface area (Å²) >= 11 is 1.48. The number of nitrogens with one attached hydrogen (secondary N) is 2. The van der Waals surface area contributed by atoms with Crippen LogP contribution < -0.4 is 10.3 Å². The lowest BCUT2D eigenvalue weighted by Gasteiger charge is -2.02. The van der Waals surface area contributed by atoms with Crippen LogP contribution >= 0.6 is 11.8 Å². The van der Waals surface area contributed by atoms with Crippen molar-refractivity contribution in [2.24, 2.45) is 0 Å². The van der Waals surface area contributed by atoms with Crippen LogP contribution in [-0.2, 0) is 4.79 Å². The number of aromatic amines is 1. The highest BCUT2D eigenvalue weighted by molar-refractivity contribution is 7.99. The third-order valence-corrected chi connectivity index (χ3v) is 3.07. The zero-order chi connectivity index (χ0) is 11.9. The Bertz CT molecular complexity index is 473. The molecule has 0 saturated carbocycles. The second kappa shape index (κ2) is 6.06. The SMILES string of the molecule is O=C(CSc1cccc[nH+]1)Nc1ccccc1. The Kier molecular flexibility index (Phi) is 4.16. The smallest absolute Gasteiger partial charge is 0.238 e. The van der Waals surface area contributed by atoms with Crippen LogP contribution in [-0.4, -0.2) is 11.7 Å². The summed E-state index contributed by atoms with van der Waals surface area (Å²) in [4.78, 5) is 14.7. The molecule has 0 spiro atoms. The molecule has 0 aliphatic rings. The summed E-state index contributed by atoms with van der Waals surface area (Å²) in [5, 5.41) is 3.82. The number of benzene rings is 1. The van der Waals surface area contributed by atoms with Gasteiger partial charge in [-0.05, 0) is 30.0 Å². The molecule has 1 aromatic heterocycles. The number of hydrogen-bond donors (Lipinski definition) is 1. The minimum absolute atomic E-state index is 0.00143. The average molecular weight is 245 g/mol. The highest BCUT2D eigenvalue weighted by Crippen LogP contribution is 2.12. The van der Waals surface area contributed by atoms with Crippen LogP contribution in [0.15, 0.2) is 59.8 Å². The fraction of sp³-hybridized carbons (Fsp3) is 0.0769. The summed E-state index contributed by atoms with van der Waals surface area (Å²) in [6.07, 6.45) is 1.84. The van der Waals surface area contributed by atoms with Crippen LogP contribution in [0.25, 0.3) is 0 Å². The van der Waals surface area contributed by atoms with E-state index in [0.29, 0.717) is 5.75 Å². The number of H-pyrrole nitrogens is 1. The number of thioether (sulfide) groups is 1. The minimum atomic E-state index is -0.00143. The van der Waals surface area contributed by atoms with Gasteiger partial charge in [-0.3, -0.25) is 4.79 Å². The second-order valence-electron chi connectivity index (χ2n) is 3.43. The highest BCUT2D eigenvalue weighted by atomic mass is 32.2. The van der Waals surface area contributed by atoms with Crippen LogP contribution in [0.5, 0.6) is 0 Å². The van der Waals surface area contributed by atoms with Crippen LogP contribution in [0, 0.1) is 0 Å². The molecule has 0 radical (unpaired) electrons. The van der Waals surface area contributed by atoms with Gasteiger partial charge >= 0.3 is 0 Å². The molecular weight excluding hydrogens is 232 g/mol. The standard InChI is InChI=1S/C13H12N2OS/c16-12(15-11-6-2-1-3-7-11)10-17-13-8-4-5-9-14-13/h1-9H,10H2,(H,15,16)/p+1. The molecule has 0 fully saturated rings. The molecule has 2 rings (SSSR count). The molecule has 0 aliphatic heterocycles. The van der Waals surface area contributed by atoms with E-state index in [1.807, 2.05) is 54.7 Å². The molecule has 0 aliphatic carbocycles. The van der Waals surface area contributed by atoms with E-state index in [1.165, 1.54) is 11.8 Å². The van der Waals surface area contributed by atoms with Gasteiger partial charge in [-0.2, -0.15) is 0 Å². The first-order chi connectivity index (χ1) is 8.34. The third-order valence-electron chi connectivity index (χ3n) is 2.10. The summed E-state index contributed by atoms with van der Waals surface area (Å²) < 4.78 is 0. The van der Waals surface area contributed by atoms with E-state index in [-0.39, 0.29) is 5.91 Å². The van der Waals surface area contributed by atoms with E-state index >= 15 is 0 Å². The molecule has 1 aromatic carbocycles. The molecular formula is C13H13N2OS+. The molecule has 2 N–H and O–H groups in total. The number of amides is 1. The quantitative estimate of drug-likeness (QED) is 0.839. The lowest BCUT2D eigenvalue weighted by atomic mass is 10.3. The predicted molar refractivity (Wildman–Crippen MR) is 68.8 cm³/mol. The van der Waals surface area contributed by atoms with Crippen molar-refractivity contribution in [1.29, 1.82) is 0 Å². The van der Waals surface area contributed by atoms with Crippen LogP contribution in [0.3, 0.4) is 0 Å². The van der Waals surface area contributed by atoms with Gasteiger partial charge in [0, 0.05) is 17.8 Å². The van der Waals surface area contributed by atoms with Crippen molar-refractivity contribution in [1.82, 2.24) is 0 Å². The number of hydrogen-bond acceptors (Lipinski definition) is 2. The molecule has 2 aromatic rings. The van der Waals surface area contributed by atoms with Gasteiger partial charge in [-0.1, -0.05) is 18.2 Å². The largest absolute Gasteiger partial charge is 0.325 e. The van der Waals surface area contributed by atoms with Crippen molar-refractivity contribution in [3.8, 4) is 0 Å². The normalized spacial score (nSPS) is 9.88. The van der Waals surface area contributed by atoms with Crippen molar-refractivity contribution in [2.45, 2.75) is 5.03 Å². The predicted octanol–water partition coefficient (Wildman–Crippen LogP) is 2.23. The van der Waals surface area contributed by atoms with E-state index in [2.05, 4.69) is 10.3 Å². The van der Waals surface area contributed by atoms with E-state index in [1.54, 1.807) is 0 Å². The van der Waals surface area contributed by atoms with Crippen LogP contribution in [0.4, 0.5) is 5.69 Å². The Morgan fingerprint density at radius 3 is 2.59 bits per heavy atom. The Morgan fingerprint density at radius 1 is 1.12 bits per heavy atom. The maximum absolute atomic E-state index is 11.6. The number of carbonyl (C=O) groups is 1. The van der Waals surface area contributed by atoms with E-state index in [9.17, 15) is 4.79 Å². The van der Waals surface area contributed by atoms with E-state index in [0.717, 1.165) is 10.7 Å². The summed E-state index contributed by atoms with van der Waals surface area (Å²) in [6.45, 7) is 0. The summed E-state index contributed by atoms with van der Waals surface area (Å²) in [7, 11) is 0. The number of para-hydroxylation sites is 1. The maximum atomic E-state index is 11.6. The number of anilines is 1. The Hall–Kier alpha value is -1.81. The van der Waals surface area contributed by atoms with Crippen molar-refractivity contribution in [2.75, 3.05) is 11.1 Å². The molecule has 1 heterocycles. The van der Waals surface area contributed by atoms with Gasteiger partial charge in [-0.15, -0.1) is 0 Å². The minimum Gasteiger partial charge on any atom is -0.325 e. The molecule has 86 valence electrons. The molecule has 0 atom stereocenters. The summed E-state index contributed by atoms with van der Waals surface area (Å²) in [5.41, 5.74) is 0.829. The van der Waals surface area contributed by atoms with Gasteiger partial charge in [0.15, 0.2) is 6.20 Å². The first kappa shape index (κ1) is 11.7. The molecule has 17 heavy (non-hydrogen) atoms. The molecule has 0 saturated heterocycles. The van der Waals surface area contributed by atoms with E-state index in [4.69, 9.17) is 0 Å².